The summed E-state index contributed by atoms with van der Waals surface area (Å²) in [5.41, 5.74) is 1.11. The molecule has 2 aromatic carbocycles. The van der Waals surface area contributed by atoms with Crippen LogP contribution in [-0.2, 0) is 6.54 Å². The molecule has 2 amide bonds. The van der Waals surface area contributed by atoms with Crippen LogP contribution < -0.4 is 15.4 Å². The van der Waals surface area contributed by atoms with Gasteiger partial charge in [0.15, 0.2) is 0 Å². The number of hydrogen-bond acceptors (Lipinski definition) is 4. The first kappa shape index (κ1) is 15.3. The standard InChI is InChI=1S/C15H15N3O4/c1-22-14-8-3-2-5-11(14)10-16-15(19)17-12-6-4-7-13(9-12)18(20)21/h2-9H,10H2,1H3,(H2,16,17,19). The smallest absolute Gasteiger partial charge is 0.319 e. The van der Waals surface area contributed by atoms with E-state index in [1.807, 2.05) is 18.2 Å². The molecule has 2 rings (SSSR count). The van der Waals surface area contributed by atoms with Gasteiger partial charge in [0.05, 0.1) is 12.0 Å². The average molecular weight is 301 g/mol. The number of carbonyl (C=O) groups is 1. The third kappa shape index (κ3) is 3.95. The van der Waals surface area contributed by atoms with Crippen LogP contribution in [-0.4, -0.2) is 18.1 Å². The maximum atomic E-state index is 11.8. The number of amides is 2. The van der Waals surface area contributed by atoms with Crippen molar-refractivity contribution in [3.05, 3.63) is 64.2 Å². The number of carbonyl (C=O) groups excluding carboxylic acids is 1. The second kappa shape index (κ2) is 7.07. The molecule has 7 heteroatoms. The Balaban J connectivity index is 1.96. The van der Waals surface area contributed by atoms with Crippen molar-refractivity contribution in [1.82, 2.24) is 5.32 Å². The van der Waals surface area contributed by atoms with E-state index in [4.69, 9.17) is 4.74 Å². The highest BCUT2D eigenvalue weighted by Gasteiger charge is 2.08. The fraction of sp³-hybridized carbons (Fsp3) is 0.133. The van der Waals surface area contributed by atoms with Gasteiger partial charge in [-0.25, -0.2) is 4.79 Å². The van der Waals surface area contributed by atoms with Crippen LogP contribution in [0.1, 0.15) is 5.56 Å². The summed E-state index contributed by atoms with van der Waals surface area (Å²) in [7, 11) is 1.56. The van der Waals surface area contributed by atoms with Gasteiger partial charge >= 0.3 is 6.03 Å². The van der Waals surface area contributed by atoms with E-state index in [2.05, 4.69) is 10.6 Å². The lowest BCUT2D eigenvalue weighted by atomic mass is 10.2. The van der Waals surface area contributed by atoms with Gasteiger partial charge in [-0.05, 0) is 12.1 Å². The van der Waals surface area contributed by atoms with Crippen molar-refractivity contribution in [2.45, 2.75) is 6.54 Å². The Morgan fingerprint density at radius 2 is 2.00 bits per heavy atom. The molecular formula is C15H15N3O4. The highest BCUT2D eigenvalue weighted by Crippen LogP contribution is 2.18. The minimum absolute atomic E-state index is 0.0810. The number of nitrogens with one attached hydrogen (secondary N) is 2. The molecule has 7 nitrogen and oxygen atoms in total. The highest BCUT2D eigenvalue weighted by atomic mass is 16.6. The topological polar surface area (TPSA) is 93.5 Å². The first-order valence-electron chi connectivity index (χ1n) is 6.51. The van der Waals surface area contributed by atoms with Crippen molar-refractivity contribution in [2.75, 3.05) is 12.4 Å². The van der Waals surface area contributed by atoms with E-state index >= 15 is 0 Å². The Hall–Kier alpha value is -3.09. The molecule has 0 aliphatic carbocycles. The lowest BCUT2D eigenvalue weighted by molar-refractivity contribution is -0.384. The summed E-state index contributed by atoms with van der Waals surface area (Å²) in [6.07, 6.45) is 0. The molecule has 114 valence electrons. The number of hydrogen-bond donors (Lipinski definition) is 2. The Labute approximate surface area is 127 Å². The second-order valence-electron chi connectivity index (χ2n) is 4.43. The van der Waals surface area contributed by atoms with Crippen LogP contribution >= 0.6 is 0 Å². The number of ether oxygens (including phenoxy) is 1. The van der Waals surface area contributed by atoms with Crippen LogP contribution in [0.3, 0.4) is 0 Å². The normalized spacial score (nSPS) is 9.86. The van der Waals surface area contributed by atoms with E-state index in [9.17, 15) is 14.9 Å². The van der Waals surface area contributed by atoms with Gasteiger partial charge in [-0.3, -0.25) is 10.1 Å². The summed E-state index contributed by atoms with van der Waals surface area (Å²) in [5.74, 6) is 0.679. The van der Waals surface area contributed by atoms with Crippen LogP contribution in [0, 0.1) is 10.1 Å². The van der Waals surface area contributed by atoms with Gasteiger partial charge in [-0.15, -0.1) is 0 Å². The van der Waals surface area contributed by atoms with E-state index in [0.29, 0.717) is 11.4 Å². The van der Waals surface area contributed by atoms with Gasteiger partial charge in [0.1, 0.15) is 5.75 Å². The highest BCUT2D eigenvalue weighted by molar-refractivity contribution is 5.89. The summed E-state index contributed by atoms with van der Waals surface area (Å²) in [6, 6.07) is 12.6. The Bertz CT molecular complexity index is 688. The van der Waals surface area contributed by atoms with E-state index < -0.39 is 11.0 Å². The van der Waals surface area contributed by atoms with Crippen molar-refractivity contribution in [3.63, 3.8) is 0 Å². The Morgan fingerprint density at radius 3 is 2.73 bits per heavy atom. The molecule has 0 spiro atoms. The Morgan fingerprint density at radius 1 is 1.23 bits per heavy atom. The zero-order chi connectivity index (χ0) is 15.9. The lowest BCUT2D eigenvalue weighted by Crippen LogP contribution is -2.28. The van der Waals surface area contributed by atoms with Crippen molar-refractivity contribution < 1.29 is 14.5 Å². The largest absolute Gasteiger partial charge is 0.496 e. The molecular weight excluding hydrogens is 286 g/mol. The zero-order valence-electron chi connectivity index (χ0n) is 11.9. The van der Waals surface area contributed by atoms with Gasteiger partial charge < -0.3 is 15.4 Å². The summed E-state index contributed by atoms with van der Waals surface area (Å²) in [6.45, 7) is 0.283. The van der Waals surface area contributed by atoms with E-state index in [-0.39, 0.29) is 12.2 Å². The third-order valence-corrected chi connectivity index (χ3v) is 2.95. The summed E-state index contributed by atoms with van der Waals surface area (Å²) < 4.78 is 5.19. The number of urea groups is 1. The number of nitro groups is 1. The molecule has 0 heterocycles. The van der Waals surface area contributed by atoms with Gasteiger partial charge in [-0.1, -0.05) is 24.3 Å². The van der Waals surface area contributed by atoms with Gasteiger partial charge in [0.25, 0.3) is 5.69 Å². The van der Waals surface area contributed by atoms with Crippen molar-refractivity contribution in [2.24, 2.45) is 0 Å². The average Bonchev–Trinajstić information content (AvgIpc) is 2.53. The van der Waals surface area contributed by atoms with Crippen molar-refractivity contribution in [3.8, 4) is 5.75 Å². The molecule has 0 fully saturated rings. The van der Waals surface area contributed by atoms with Crippen LogP contribution in [0.25, 0.3) is 0 Å². The monoisotopic (exact) mass is 301 g/mol. The zero-order valence-corrected chi connectivity index (χ0v) is 11.9. The summed E-state index contributed by atoms with van der Waals surface area (Å²) in [4.78, 5) is 22.0. The maximum Gasteiger partial charge on any atom is 0.319 e. The molecule has 22 heavy (non-hydrogen) atoms. The molecule has 0 aromatic heterocycles. The van der Waals surface area contributed by atoms with Crippen LogP contribution in [0.5, 0.6) is 5.75 Å². The van der Waals surface area contributed by atoms with Crippen LogP contribution in [0.15, 0.2) is 48.5 Å². The van der Waals surface area contributed by atoms with Crippen LogP contribution in [0.4, 0.5) is 16.2 Å². The predicted molar refractivity (Wildman–Crippen MR) is 81.9 cm³/mol. The summed E-state index contributed by atoms with van der Waals surface area (Å²) >= 11 is 0. The molecule has 0 aliphatic rings. The number of rotatable bonds is 5. The number of nitro benzene ring substituents is 1. The van der Waals surface area contributed by atoms with Gasteiger partial charge in [0, 0.05) is 29.9 Å². The first-order chi connectivity index (χ1) is 10.6. The van der Waals surface area contributed by atoms with Crippen molar-refractivity contribution in [1.29, 1.82) is 0 Å². The number of benzene rings is 2. The van der Waals surface area contributed by atoms with E-state index in [1.54, 1.807) is 19.2 Å². The molecule has 0 saturated heterocycles. The number of non-ortho nitro benzene ring substituents is 1. The van der Waals surface area contributed by atoms with E-state index in [1.165, 1.54) is 18.2 Å². The molecule has 0 aliphatic heterocycles. The lowest BCUT2D eigenvalue weighted by Gasteiger charge is -2.10. The summed E-state index contributed by atoms with van der Waals surface area (Å²) in [5, 5.41) is 15.9. The molecule has 0 unspecified atom stereocenters. The number of para-hydroxylation sites is 1. The SMILES string of the molecule is COc1ccccc1CNC(=O)Nc1cccc([N+](=O)[O-])c1. The third-order valence-electron chi connectivity index (χ3n) is 2.95. The van der Waals surface area contributed by atoms with Crippen LogP contribution in [0.2, 0.25) is 0 Å². The second-order valence-corrected chi connectivity index (χ2v) is 4.43. The van der Waals surface area contributed by atoms with E-state index in [0.717, 1.165) is 5.56 Å². The van der Waals surface area contributed by atoms with Gasteiger partial charge in [-0.2, -0.15) is 0 Å². The fourth-order valence-electron chi connectivity index (χ4n) is 1.90. The molecule has 0 saturated carbocycles. The quantitative estimate of drug-likeness (QED) is 0.656. The first-order valence-corrected chi connectivity index (χ1v) is 6.51. The minimum atomic E-state index is -0.516. The molecule has 0 atom stereocenters. The molecule has 0 bridgehead atoms. The predicted octanol–water partition coefficient (Wildman–Crippen LogP) is 2.93. The van der Waals surface area contributed by atoms with Crippen molar-refractivity contribution >= 4 is 17.4 Å². The molecule has 2 aromatic rings. The number of nitrogens with zero attached hydrogens (tertiary/aromatic N) is 1. The minimum Gasteiger partial charge on any atom is -0.496 e. The number of anilines is 1. The fourth-order valence-corrected chi connectivity index (χ4v) is 1.90. The van der Waals surface area contributed by atoms with Gasteiger partial charge in [0.2, 0.25) is 0 Å². The number of methoxy groups -OCH3 is 1. The Kier molecular flexibility index (Phi) is 4.92. The molecule has 0 radical (unpaired) electrons. The molecule has 2 N–H and O–H groups in total. The maximum absolute atomic E-state index is 11.8.